The molecule has 2 aromatic heterocycles. The van der Waals surface area contributed by atoms with Gasteiger partial charge in [0.05, 0.1) is 11.9 Å². The van der Waals surface area contributed by atoms with Crippen LogP contribution in [0, 0.1) is 0 Å². The number of para-hydroxylation sites is 2. The van der Waals surface area contributed by atoms with Crippen molar-refractivity contribution in [2.24, 2.45) is 0 Å². The zero-order valence-electron chi connectivity index (χ0n) is 10.7. The van der Waals surface area contributed by atoms with Gasteiger partial charge in [0, 0.05) is 32.7 Å². The van der Waals surface area contributed by atoms with Crippen LogP contribution in [0.4, 0.5) is 11.5 Å². The molecule has 0 fully saturated rings. The fraction of sp³-hybridized carbons (Fsp3) is 0. The Labute approximate surface area is 144 Å². The summed E-state index contributed by atoms with van der Waals surface area (Å²) in [5.41, 5.74) is 1.35. The number of rotatable bonds is 2. The van der Waals surface area contributed by atoms with Gasteiger partial charge in [0.1, 0.15) is 23.1 Å². The van der Waals surface area contributed by atoms with Crippen LogP contribution in [-0.4, -0.2) is 35.6 Å². The van der Waals surface area contributed by atoms with Gasteiger partial charge >= 0.3 is 6.01 Å². The zero-order chi connectivity index (χ0) is 13.2. The smallest absolute Gasteiger partial charge is 0.314 e. The predicted octanol–water partition coefficient (Wildman–Crippen LogP) is 0.747. The van der Waals surface area contributed by atoms with E-state index >= 15 is 0 Å². The van der Waals surface area contributed by atoms with Crippen LogP contribution in [0.3, 0.4) is 0 Å². The van der Waals surface area contributed by atoms with Gasteiger partial charge in [-0.2, -0.15) is 4.98 Å². The molecule has 0 aliphatic rings. The Hall–Kier alpha value is -1.90. The second-order valence-electron chi connectivity index (χ2n) is 3.77. The van der Waals surface area contributed by atoms with Gasteiger partial charge in [0.15, 0.2) is 5.82 Å². The summed E-state index contributed by atoms with van der Waals surface area (Å²) in [5.74, 6) is 0.469. The second-order valence-corrected chi connectivity index (χ2v) is 3.77. The Morgan fingerprint density at radius 1 is 1.00 bits per heavy atom. The van der Waals surface area contributed by atoms with E-state index in [-0.39, 0.29) is 49.9 Å². The fourth-order valence-electron chi connectivity index (χ4n) is 1.64. The summed E-state index contributed by atoms with van der Waals surface area (Å²) in [5, 5.41) is 22.0. The third kappa shape index (κ3) is 3.60. The minimum Gasteiger partial charge on any atom is -0.506 e. The summed E-state index contributed by atoms with van der Waals surface area (Å²) in [6.45, 7) is 0. The molecule has 0 bridgehead atoms. The maximum Gasteiger partial charge on any atom is 0.314 e. The van der Waals surface area contributed by atoms with Crippen molar-refractivity contribution in [3.63, 3.8) is 0 Å². The van der Waals surface area contributed by atoms with Crippen LogP contribution >= 0.6 is 0 Å². The van der Waals surface area contributed by atoms with Crippen LogP contribution < -0.4 is 5.32 Å². The summed E-state index contributed by atoms with van der Waals surface area (Å²) >= 11 is 0. The van der Waals surface area contributed by atoms with Crippen molar-refractivity contribution in [1.29, 1.82) is 0 Å². The maximum absolute atomic E-state index is 9.71. The number of fused-ring (bicyclic) bond motifs is 1. The average molecular weight is 362 g/mol. The van der Waals surface area contributed by atoms with E-state index in [0.29, 0.717) is 22.5 Å². The summed E-state index contributed by atoms with van der Waals surface area (Å²) in [6, 6.07) is 6.38. The second kappa shape index (κ2) is 7.21. The number of aromatic nitrogens is 4. The summed E-state index contributed by atoms with van der Waals surface area (Å²) < 4.78 is 0. The van der Waals surface area contributed by atoms with E-state index in [1.54, 1.807) is 24.3 Å². The number of phenolic OH excluding ortho intramolecular Hbond substituents is 1. The first kappa shape index (κ1) is 17.2. The van der Waals surface area contributed by atoms with Crippen LogP contribution in [0.15, 0.2) is 36.8 Å². The third-order valence-electron chi connectivity index (χ3n) is 2.52. The fourth-order valence-corrected chi connectivity index (χ4v) is 1.64. The number of hydrogen-bond donors (Lipinski definition) is 3. The molecule has 21 heavy (non-hydrogen) atoms. The number of benzene rings is 1. The first-order valence-electron chi connectivity index (χ1n) is 5.46. The maximum atomic E-state index is 9.71. The molecular formula is C12H11N5O3Y. The van der Waals surface area contributed by atoms with Crippen molar-refractivity contribution >= 4 is 22.5 Å². The normalized spacial score (nSPS) is 9.52. The molecule has 3 rings (SSSR count). The standard InChI is InChI=1S/C12H9N5O2.H2O.Y/c18-9-4-2-1-3-7(9)16-11-10-8(14-6-15-11)5-13-12(19)17-10;;/h1-6,18H,(H,13,17,19)(H,14,15,16);1H2;. The number of phenols is 1. The monoisotopic (exact) mass is 362 g/mol. The van der Waals surface area contributed by atoms with Crippen molar-refractivity contribution in [3.05, 3.63) is 36.8 Å². The van der Waals surface area contributed by atoms with Crippen LogP contribution in [0.1, 0.15) is 0 Å². The molecule has 2 heterocycles. The molecular weight excluding hydrogens is 351 g/mol. The number of nitrogens with one attached hydrogen (secondary N) is 1. The van der Waals surface area contributed by atoms with E-state index in [2.05, 4.69) is 25.3 Å². The Morgan fingerprint density at radius 2 is 1.76 bits per heavy atom. The SMILES string of the molecule is O.Oc1ncc2ncnc(Nc3ccccc3O)c2n1.[Y]. The number of anilines is 2. The Morgan fingerprint density at radius 3 is 2.52 bits per heavy atom. The topological polar surface area (TPSA) is 136 Å². The summed E-state index contributed by atoms with van der Waals surface area (Å²) in [4.78, 5) is 15.6. The Kier molecular flexibility index (Phi) is 5.89. The van der Waals surface area contributed by atoms with E-state index in [1.807, 2.05) is 0 Å². The number of hydrogen-bond acceptors (Lipinski definition) is 7. The van der Waals surface area contributed by atoms with Gasteiger partial charge in [-0.25, -0.2) is 15.0 Å². The molecule has 0 atom stereocenters. The summed E-state index contributed by atoms with van der Waals surface area (Å²) in [7, 11) is 0. The van der Waals surface area contributed by atoms with Gasteiger partial charge in [0.25, 0.3) is 0 Å². The van der Waals surface area contributed by atoms with Crippen molar-refractivity contribution < 1.29 is 48.4 Å². The molecule has 9 heteroatoms. The quantitative estimate of drug-likeness (QED) is 0.572. The van der Waals surface area contributed by atoms with Gasteiger partial charge < -0.3 is 21.0 Å². The summed E-state index contributed by atoms with van der Waals surface area (Å²) in [6.07, 6.45) is 2.75. The van der Waals surface area contributed by atoms with E-state index in [1.165, 1.54) is 12.5 Å². The van der Waals surface area contributed by atoms with Crippen molar-refractivity contribution in [1.82, 2.24) is 19.9 Å². The molecule has 0 aliphatic carbocycles. The number of nitrogens with zero attached hydrogens (tertiary/aromatic N) is 4. The molecule has 1 aromatic carbocycles. The van der Waals surface area contributed by atoms with E-state index < -0.39 is 0 Å². The molecule has 0 saturated heterocycles. The van der Waals surface area contributed by atoms with Crippen LogP contribution in [0.25, 0.3) is 11.0 Å². The first-order valence-corrected chi connectivity index (χ1v) is 5.46. The Bertz CT molecular complexity index is 756. The molecule has 0 aliphatic heterocycles. The number of aromatic hydroxyl groups is 2. The van der Waals surface area contributed by atoms with Gasteiger partial charge in [-0.1, -0.05) is 12.1 Å². The van der Waals surface area contributed by atoms with Gasteiger partial charge in [-0.15, -0.1) is 0 Å². The minimum absolute atomic E-state index is 0. The molecule has 105 valence electrons. The molecule has 0 unspecified atom stereocenters. The molecule has 1 radical (unpaired) electrons. The minimum atomic E-state index is -0.359. The van der Waals surface area contributed by atoms with Crippen LogP contribution in [-0.2, 0) is 32.7 Å². The first-order chi connectivity index (χ1) is 9.24. The molecule has 8 nitrogen and oxygen atoms in total. The van der Waals surface area contributed by atoms with Crippen molar-refractivity contribution in [2.75, 3.05) is 5.32 Å². The largest absolute Gasteiger partial charge is 0.506 e. The predicted molar refractivity (Wildman–Crippen MR) is 71.8 cm³/mol. The molecule has 3 aromatic rings. The average Bonchev–Trinajstić information content (AvgIpc) is 2.42. The van der Waals surface area contributed by atoms with Gasteiger partial charge in [-0.3, -0.25) is 0 Å². The zero-order valence-corrected chi connectivity index (χ0v) is 13.6. The van der Waals surface area contributed by atoms with Gasteiger partial charge in [0.2, 0.25) is 0 Å². The molecule has 0 saturated carbocycles. The molecule has 0 spiro atoms. The van der Waals surface area contributed by atoms with E-state index in [0.717, 1.165) is 0 Å². The Balaban J connectivity index is 0.00000110. The van der Waals surface area contributed by atoms with Gasteiger partial charge in [-0.05, 0) is 12.1 Å². The molecule has 0 amide bonds. The van der Waals surface area contributed by atoms with Crippen molar-refractivity contribution in [2.45, 2.75) is 0 Å². The molecule has 5 N–H and O–H groups in total. The van der Waals surface area contributed by atoms with Crippen LogP contribution in [0.2, 0.25) is 0 Å². The van der Waals surface area contributed by atoms with E-state index in [9.17, 15) is 10.2 Å². The van der Waals surface area contributed by atoms with Crippen molar-refractivity contribution in [3.8, 4) is 11.8 Å². The third-order valence-corrected chi connectivity index (χ3v) is 2.52. The van der Waals surface area contributed by atoms with Crippen LogP contribution in [0.5, 0.6) is 11.8 Å². The van der Waals surface area contributed by atoms with E-state index in [4.69, 9.17) is 0 Å².